The lowest BCUT2D eigenvalue weighted by molar-refractivity contribution is -0.386. The van der Waals surface area contributed by atoms with Crippen LogP contribution < -0.4 is 5.32 Å². The summed E-state index contributed by atoms with van der Waals surface area (Å²) in [5, 5.41) is 26.7. The lowest BCUT2D eigenvalue weighted by Crippen LogP contribution is -2.20. The van der Waals surface area contributed by atoms with Gasteiger partial charge in [0.2, 0.25) is 5.91 Å². The molecule has 1 heterocycles. The maximum atomic E-state index is 11.9. The summed E-state index contributed by atoms with van der Waals surface area (Å²) in [6.45, 7) is 2.95. The lowest BCUT2D eigenvalue weighted by Gasteiger charge is -2.06. The highest BCUT2D eigenvalue weighted by Gasteiger charge is 2.22. The monoisotopic (exact) mass is 290 g/mol. The molecule has 0 spiro atoms. The Bertz CT molecular complexity index is 691. The highest BCUT2D eigenvalue weighted by Crippen LogP contribution is 2.21. The Hall–Kier alpha value is -2.90. The maximum Gasteiger partial charge on any atom is 0.312 e. The molecule has 2 rings (SSSR count). The lowest BCUT2D eigenvalue weighted by atomic mass is 10.3. The van der Waals surface area contributed by atoms with Crippen molar-refractivity contribution in [1.29, 1.82) is 0 Å². The first kappa shape index (κ1) is 14.5. The Morgan fingerprint density at radius 1 is 1.38 bits per heavy atom. The molecular weight excluding hydrogens is 276 g/mol. The topological polar surface area (TPSA) is 110 Å². The second kappa shape index (κ2) is 5.61. The summed E-state index contributed by atoms with van der Waals surface area (Å²) in [7, 11) is 0. The molecule has 2 N–H and O–H groups in total. The third-order valence-corrected chi connectivity index (χ3v) is 2.97. The van der Waals surface area contributed by atoms with Gasteiger partial charge in [0.05, 0.1) is 4.92 Å². The Morgan fingerprint density at radius 2 is 2.00 bits per heavy atom. The Balaban J connectivity index is 2.11. The average molecular weight is 290 g/mol. The van der Waals surface area contributed by atoms with Crippen molar-refractivity contribution in [3.05, 3.63) is 45.8 Å². The fraction of sp³-hybridized carbons (Fsp3) is 0.231. The summed E-state index contributed by atoms with van der Waals surface area (Å²) in [5.74, 6) is -0.261. The Kier molecular flexibility index (Phi) is 3.88. The van der Waals surface area contributed by atoms with E-state index in [1.165, 1.54) is 23.7 Å². The van der Waals surface area contributed by atoms with Crippen LogP contribution in [-0.2, 0) is 11.3 Å². The number of aromatic hydroxyl groups is 1. The number of benzene rings is 1. The van der Waals surface area contributed by atoms with Crippen LogP contribution in [0.4, 0.5) is 11.4 Å². The minimum Gasteiger partial charge on any atom is -0.508 e. The molecule has 8 nitrogen and oxygen atoms in total. The highest BCUT2D eigenvalue weighted by molar-refractivity contribution is 5.90. The van der Waals surface area contributed by atoms with Crippen LogP contribution in [0, 0.1) is 24.0 Å². The zero-order valence-corrected chi connectivity index (χ0v) is 11.5. The molecule has 0 radical (unpaired) electrons. The van der Waals surface area contributed by atoms with E-state index in [-0.39, 0.29) is 29.6 Å². The number of aryl methyl sites for hydroxylation is 1. The third kappa shape index (κ3) is 3.16. The highest BCUT2D eigenvalue weighted by atomic mass is 16.6. The summed E-state index contributed by atoms with van der Waals surface area (Å²) in [6, 6.07) is 6.00. The van der Waals surface area contributed by atoms with E-state index in [0.717, 1.165) is 0 Å². The van der Waals surface area contributed by atoms with Crippen LogP contribution in [0.1, 0.15) is 11.4 Å². The van der Waals surface area contributed by atoms with Gasteiger partial charge >= 0.3 is 5.69 Å². The van der Waals surface area contributed by atoms with Crippen molar-refractivity contribution in [2.24, 2.45) is 0 Å². The molecule has 8 heteroatoms. The van der Waals surface area contributed by atoms with Crippen molar-refractivity contribution in [2.75, 3.05) is 5.32 Å². The molecule has 0 aliphatic carbocycles. The number of carbonyl (C=O) groups excluding carboxylic acids is 1. The van der Waals surface area contributed by atoms with E-state index < -0.39 is 4.92 Å². The fourth-order valence-corrected chi connectivity index (χ4v) is 1.99. The molecule has 0 atom stereocenters. The second-order valence-electron chi connectivity index (χ2n) is 4.53. The van der Waals surface area contributed by atoms with Gasteiger partial charge in [-0.1, -0.05) is 0 Å². The molecule has 0 saturated carbocycles. The average Bonchev–Trinajstić information content (AvgIpc) is 2.67. The molecule has 0 unspecified atom stereocenters. The first-order valence-corrected chi connectivity index (χ1v) is 6.15. The number of aromatic nitrogens is 2. The first-order chi connectivity index (χ1) is 9.88. The van der Waals surface area contributed by atoms with Crippen LogP contribution in [-0.4, -0.2) is 25.7 Å². The third-order valence-electron chi connectivity index (χ3n) is 2.97. The van der Waals surface area contributed by atoms with Gasteiger partial charge in [0.15, 0.2) is 0 Å². The van der Waals surface area contributed by atoms with Crippen LogP contribution in [0.2, 0.25) is 0 Å². The minimum absolute atomic E-state index is 0.0765. The Labute approximate surface area is 120 Å². The number of rotatable bonds is 4. The van der Waals surface area contributed by atoms with Crippen LogP contribution in [0.25, 0.3) is 0 Å². The fourth-order valence-electron chi connectivity index (χ4n) is 1.99. The van der Waals surface area contributed by atoms with Crippen LogP contribution >= 0.6 is 0 Å². The number of nitrogens with one attached hydrogen (secondary N) is 1. The molecule has 0 fully saturated rings. The van der Waals surface area contributed by atoms with Gasteiger partial charge in [-0.25, -0.2) is 0 Å². The summed E-state index contributed by atoms with van der Waals surface area (Å²) in [4.78, 5) is 22.3. The number of phenols is 1. The van der Waals surface area contributed by atoms with Crippen LogP contribution in [0.15, 0.2) is 24.3 Å². The molecule has 110 valence electrons. The summed E-state index contributed by atoms with van der Waals surface area (Å²) in [6.07, 6.45) is 0. The SMILES string of the molecule is Cc1nn(CC(=O)Nc2ccc(O)cc2)c(C)c1[N+](=O)[O-]. The van der Waals surface area contributed by atoms with E-state index in [0.29, 0.717) is 11.4 Å². The zero-order chi connectivity index (χ0) is 15.6. The number of carbonyl (C=O) groups is 1. The van der Waals surface area contributed by atoms with Crippen molar-refractivity contribution in [2.45, 2.75) is 20.4 Å². The molecule has 0 aliphatic rings. The molecule has 2 aromatic rings. The number of phenolic OH excluding ortho intramolecular Hbond substituents is 1. The van der Waals surface area contributed by atoms with E-state index in [1.807, 2.05) is 0 Å². The molecular formula is C13H14N4O4. The number of hydrogen-bond acceptors (Lipinski definition) is 5. The molecule has 1 amide bonds. The number of nitrogens with zero attached hydrogens (tertiary/aromatic N) is 3. The zero-order valence-electron chi connectivity index (χ0n) is 11.5. The quantitative estimate of drug-likeness (QED) is 0.506. The summed E-state index contributed by atoms with van der Waals surface area (Å²) < 4.78 is 1.29. The van der Waals surface area contributed by atoms with Gasteiger partial charge in [-0.2, -0.15) is 5.10 Å². The van der Waals surface area contributed by atoms with E-state index in [2.05, 4.69) is 10.4 Å². The van der Waals surface area contributed by atoms with E-state index in [4.69, 9.17) is 5.11 Å². The number of hydrogen-bond donors (Lipinski definition) is 2. The summed E-state index contributed by atoms with van der Waals surface area (Å²) in [5.41, 5.74) is 1.05. The number of anilines is 1. The van der Waals surface area contributed by atoms with Crippen molar-refractivity contribution in [3.8, 4) is 5.75 Å². The molecule has 0 bridgehead atoms. The molecule has 0 aliphatic heterocycles. The summed E-state index contributed by atoms with van der Waals surface area (Å²) >= 11 is 0. The number of nitro groups is 1. The normalized spacial score (nSPS) is 10.4. The van der Waals surface area contributed by atoms with Gasteiger partial charge in [-0.3, -0.25) is 19.6 Å². The van der Waals surface area contributed by atoms with Gasteiger partial charge in [-0.15, -0.1) is 0 Å². The van der Waals surface area contributed by atoms with Gasteiger partial charge < -0.3 is 10.4 Å². The molecule has 0 saturated heterocycles. The van der Waals surface area contributed by atoms with Crippen LogP contribution in [0.5, 0.6) is 5.75 Å². The predicted octanol–water partition coefficient (Wildman–Crippen LogP) is 1.75. The standard InChI is InChI=1S/C13H14N4O4/c1-8-13(17(20)21)9(2)16(15-8)7-12(19)14-10-3-5-11(18)6-4-10/h3-6,18H,7H2,1-2H3,(H,14,19). The van der Waals surface area contributed by atoms with E-state index >= 15 is 0 Å². The van der Waals surface area contributed by atoms with Crippen molar-refractivity contribution in [3.63, 3.8) is 0 Å². The second-order valence-corrected chi connectivity index (χ2v) is 4.53. The van der Waals surface area contributed by atoms with Crippen molar-refractivity contribution >= 4 is 17.3 Å². The molecule has 21 heavy (non-hydrogen) atoms. The number of amides is 1. The minimum atomic E-state index is -0.508. The van der Waals surface area contributed by atoms with E-state index in [1.54, 1.807) is 19.1 Å². The molecule has 1 aromatic heterocycles. The largest absolute Gasteiger partial charge is 0.508 e. The maximum absolute atomic E-state index is 11.9. The van der Waals surface area contributed by atoms with E-state index in [9.17, 15) is 14.9 Å². The van der Waals surface area contributed by atoms with Crippen molar-refractivity contribution in [1.82, 2.24) is 9.78 Å². The first-order valence-electron chi connectivity index (χ1n) is 6.15. The van der Waals surface area contributed by atoms with Gasteiger partial charge in [-0.05, 0) is 38.1 Å². The van der Waals surface area contributed by atoms with Crippen LogP contribution in [0.3, 0.4) is 0 Å². The Morgan fingerprint density at radius 3 is 2.52 bits per heavy atom. The smallest absolute Gasteiger partial charge is 0.312 e. The van der Waals surface area contributed by atoms with Gasteiger partial charge in [0.25, 0.3) is 0 Å². The van der Waals surface area contributed by atoms with Gasteiger partial charge in [0.1, 0.15) is 23.7 Å². The predicted molar refractivity (Wildman–Crippen MR) is 75.1 cm³/mol. The van der Waals surface area contributed by atoms with Gasteiger partial charge in [0, 0.05) is 5.69 Å². The van der Waals surface area contributed by atoms with Crippen molar-refractivity contribution < 1.29 is 14.8 Å². The molecule has 1 aromatic carbocycles.